The number of primary amides is 1. The van der Waals surface area contributed by atoms with E-state index in [1.807, 2.05) is 17.0 Å². The molecule has 0 aliphatic heterocycles. The van der Waals surface area contributed by atoms with Crippen LogP contribution in [0.2, 0.25) is 0 Å². The zero-order valence-electron chi connectivity index (χ0n) is 16.6. The summed E-state index contributed by atoms with van der Waals surface area (Å²) in [7, 11) is 0. The van der Waals surface area contributed by atoms with E-state index in [0.717, 1.165) is 25.0 Å². The van der Waals surface area contributed by atoms with Crippen LogP contribution in [-0.4, -0.2) is 41.5 Å². The third-order valence-electron chi connectivity index (χ3n) is 6.76. The number of hydrogen-bond donors (Lipinski definition) is 2. The second kappa shape index (κ2) is 8.08. The lowest BCUT2D eigenvalue weighted by molar-refractivity contribution is -0.163. The van der Waals surface area contributed by atoms with Crippen molar-refractivity contribution in [3.63, 3.8) is 0 Å². The van der Waals surface area contributed by atoms with Gasteiger partial charge in [-0.2, -0.15) is 0 Å². The fourth-order valence-corrected chi connectivity index (χ4v) is 6.05. The van der Waals surface area contributed by atoms with Crippen molar-refractivity contribution in [3.05, 3.63) is 24.2 Å². The first kappa shape index (κ1) is 19.8. The molecule has 3 N–H and O–H groups in total. The second-order valence-corrected chi connectivity index (χ2v) is 8.90. The first-order chi connectivity index (χ1) is 13.9. The summed E-state index contributed by atoms with van der Waals surface area (Å²) in [6, 6.07) is 3.01. The Labute approximate surface area is 170 Å². The summed E-state index contributed by atoms with van der Waals surface area (Å²) in [5.41, 5.74) is 4.82. The number of esters is 1. The maximum atomic E-state index is 13.2. The molecule has 8 nitrogen and oxygen atoms in total. The number of carbonyl (C=O) groups is 3. The smallest absolute Gasteiger partial charge is 0.312 e. The Kier molecular flexibility index (Phi) is 5.52. The molecule has 0 aromatic carbocycles. The summed E-state index contributed by atoms with van der Waals surface area (Å²) in [4.78, 5) is 37.7. The Balaban J connectivity index is 1.43. The number of urea groups is 1. The highest BCUT2D eigenvalue weighted by Gasteiger charge is 2.54. The summed E-state index contributed by atoms with van der Waals surface area (Å²) in [5, 5.41) is 2.34. The van der Waals surface area contributed by atoms with E-state index in [1.165, 1.54) is 19.3 Å². The second-order valence-electron chi connectivity index (χ2n) is 8.90. The van der Waals surface area contributed by atoms with Crippen molar-refractivity contribution >= 4 is 17.9 Å². The highest BCUT2D eigenvalue weighted by Crippen LogP contribution is 2.58. The Morgan fingerprint density at radius 1 is 1.17 bits per heavy atom. The molecule has 3 amide bonds. The number of hydrogen-bond acceptors (Lipinski definition) is 5. The minimum absolute atomic E-state index is 0.0221. The van der Waals surface area contributed by atoms with Crippen LogP contribution < -0.4 is 11.1 Å². The van der Waals surface area contributed by atoms with Crippen LogP contribution in [0.1, 0.15) is 50.7 Å². The van der Waals surface area contributed by atoms with Gasteiger partial charge in [-0.15, -0.1) is 0 Å². The molecule has 1 aromatic rings. The molecule has 0 unspecified atom stereocenters. The number of carbonyl (C=O) groups excluding carboxylic acids is 3. The lowest BCUT2D eigenvalue weighted by Crippen LogP contribution is -2.61. The normalized spacial score (nSPS) is 29.4. The molecule has 0 radical (unpaired) electrons. The van der Waals surface area contributed by atoms with Gasteiger partial charge in [0.05, 0.1) is 19.2 Å². The number of ether oxygens (including phenoxy) is 1. The average Bonchev–Trinajstić information content (AvgIpc) is 3.16. The van der Waals surface area contributed by atoms with Crippen LogP contribution in [-0.2, 0) is 20.9 Å². The first-order valence-electron chi connectivity index (χ1n) is 10.5. The van der Waals surface area contributed by atoms with Crippen LogP contribution in [0, 0.1) is 17.8 Å². The van der Waals surface area contributed by atoms with Crippen LogP contribution in [0.3, 0.4) is 0 Å². The van der Waals surface area contributed by atoms with Gasteiger partial charge in [0, 0.05) is 12.1 Å². The zero-order chi connectivity index (χ0) is 20.4. The molecular weight excluding hydrogens is 374 g/mol. The topological polar surface area (TPSA) is 115 Å². The third-order valence-corrected chi connectivity index (χ3v) is 6.76. The van der Waals surface area contributed by atoms with Crippen molar-refractivity contribution in [1.29, 1.82) is 0 Å². The van der Waals surface area contributed by atoms with Crippen molar-refractivity contribution in [1.82, 2.24) is 10.2 Å². The molecule has 4 aliphatic carbocycles. The SMILES string of the molecule is NC(=O)NCCC(=O)OCC(=O)N(Cc1ccco1)C12CC3CC(CC(C3)C1)C2. The van der Waals surface area contributed by atoms with E-state index in [4.69, 9.17) is 14.9 Å². The van der Waals surface area contributed by atoms with Gasteiger partial charge in [0.2, 0.25) is 0 Å². The van der Waals surface area contributed by atoms with Crippen LogP contribution in [0.25, 0.3) is 0 Å². The lowest BCUT2D eigenvalue weighted by Gasteiger charge is -2.60. The Morgan fingerprint density at radius 3 is 2.38 bits per heavy atom. The fourth-order valence-electron chi connectivity index (χ4n) is 6.05. The van der Waals surface area contributed by atoms with Crippen LogP contribution in [0.5, 0.6) is 0 Å². The molecule has 158 valence electrons. The van der Waals surface area contributed by atoms with Gasteiger partial charge < -0.3 is 25.1 Å². The minimum Gasteiger partial charge on any atom is -0.467 e. The number of nitrogens with one attached hydrogen (secondary N) is 1. The third kappa shape index (κ3) is 4.41. The summed E-state index contributed by atoms with van der Waals surface area (Å²) in [6.45, 7) is 0.198. The van der Waals surface area contributed by atoms with Crippen LogP contribution in [0.15, 0.2) is 22.8 Å². The molecule has 8 heteroatoms. The molecule has 4 bridgehead atoms. The summed E-state index contributed by atoms with van der Waals surface area (Å²) in [6.07, 6.45) is 8.53. The minimum atomic E-state index is -0.694. The molecule has 4 saturated carbocycles. The number of nitrogens with zero attached hydrogens (tertiary/aromatic N) is 1. The summed E-state index contributed by atoms with van der Waals surface area (Å²) < 4.78 is 10.7. The average molecular weight is 403 g/mol. The maximum absolute atomic E-state index is 13.2. The van der Waals surface area contributed by atoms with Crippen molar-refractivity contribution in [2.75, 3.05) is 13.2 Å². The zero-order valence-corrected chi connectivity index (χ0v) is 16.6. The summed E-state index contributed by atoms with van der Waals surface area (Å²) in [5.74, 6) is 2.10. The molecule has 4 fully saturated rings. The Hall–Kier alpha value is -2.51. The van der Waals surface area contributed by atoms with Crippen LogP contribution >= 0.6 is 0 Å². The Bertz CT molecular complexity index is 725. The lowest BCUT2D eigenvalue weighted by atomic mass is 9.52. The Morgan fingerprint density at radius 2 is 1.83 bits per heavy atom. The maximum Gasteiger partial charge on any atom is 0.312 e. The van der Waals surface area contributed by atoms with Gasteiger partial charge in [0.25, 0.3) is 5.91 Å². The van der Waals surface area contributed by atoms with Gasteiger partial charge >= 0.3 is 12.0 Å². The highest BCUT2D eigenvalue weighted by atomic mass is 16.5. The van der Waals surface area contributed by atoms with Gasteiger partial charge in [0.1, 0.15) is 5.76 Å². The molecule has 0 atom stereocenters. The monoisotopic (exact) mass is 403 g/mol. The van der Waals surface area contributed by atoms with Crippen molar-refractivity contribution in [3.8, 4) is 0 Å². The van der Waals surface area contributed by atoms with Gasteiger partial charge in [0.15, 0.2) is 6.61 Å². The van der Waals surface area contributed by atoms with E-state index in [1.54, 1.807) is 6.26 Å². The van der Waals surface area contributed by atoms with Crippen LogP contribution in [0.4, 0.5) is 4.79 Å². The molecule has 29 heavy (non-hydrogen) atoms. The highest BCUT2D eigenvalue weighted by molar-refractivity contribution is 5.81. The van der Waals surface area contributed by atoms with E-state index in [2.05, 4.69) is 5.32 Å². The molecular formula is C21H29N3O5. The van der Waals surface area contributed by atoms with Crippen molar-refractivity contribution < 1.29 is 23.5 Å². The number of nitrogens with two attached hydrogens (primary N) is 1. The van der Waals surface area contributed by atoms with E-state index >= 15 is 0 Å². The van der Waals surface area contributed by atoms with Crippen molar-refractivity contribution in [2.45, 2.75) is 57.0 Å². The van der Waals surface area contributed by atoms with Gasteiger partial charge in [-0.25, -0.2) is 4.79 Å². The van der Waals surface area contributed by atoms with Gasteiger partial charge in [-0.3, -0.25) is 9.59 Å². The van der Waals surface area contributed by atoms with E-state index in [0.29, 0.717) is 24.3 Å². The molecule has 5 rings (SSSR count). The van der Waals surface area contributed by atoms with E-state index < -0.39 is 12.0 Å². The predicted molar refractivity (Wildman–Crippen MR) is 103 cm³/mol. The molecule has 1 aromatic heterocycles. The largest absolute Gasteiger partial charge is 0.467 e. The van der Waals surface area contributed by atoms with E-state index in [9.17, 15) is 14.4 Å². The summed E-state index contributed by atoms with van der Waals surface area (Å²) >= 11 is 0. The molecule has 4 aliphatic rings. The molecule has 0 saturated heterocycles. The van der Waals surface area contributed by atoms with Gasteiger partial charge in [-0.1, -0.05) is 0 Å². The predicted octanol–water partition coefficient (Wildman–Crippen LogP) is 2.18. The quantitative estimate of drug-likeness (QED) is 0.646. The number of furan rings is 1. The van der Waals surface area contributed by atoms with E-state index in [-0.39, 0.29) is 31.0 Å². The number of amides is 3. The standard InChI is InChI=1S/C21H29N3O5/c22-20(27)23-4-3-19(26)29-13-18(25)24(12-17-2-1-5-28-17)21-9-14-6-15(10-21)8-16(7-14)11-21/h1-2,5,14-16H,3-4,6-13H2,(H3,22,23,27). The van der Waals surface area contributed by atoms with Crippen molar-refractivity contribution in [2.24, 2.45) is 23.5 Å². The van der Waals surface area contributed by atoms with Gasteiger partial charge in [-0.05, 0) is 68.4 Å². The first-order valence-corrected chi connectivity index (χ1v) is 10.5. The molecule has 0 spiro atoms. The fraction of sp³-hybridized carbons (Fsp3) is 0.667. The number of rotatable bonds is 8. The molecule has 1 heterocycles.